The molecule has 0 aliphatic carbocycles. The number of benzene rings is 2. The Hall–Kier alpha value is -3.12. The molecule has 6 nitrogen and oxygen atoms in total. The van der Waals surface area contributed by atoms with E-state index in [0.29, 0.717) is 27.7 Å². The third-order valence-corrected chi connectivity index (χ3v) is 4.12. The summed E-state index contributed by atoms with van der Waals surface area (Å²) in [6, 6.07) is 16.5. The number of hydrazone groups is 1. The number of hydrogen-bond acceptors (Lipinski definition) is 4. The summed E-state index contributed by atoms with van der Waals surface area (Å²) < 4.78 is 6.80. The maximum Gasteiger partial charge on any atom is 0.275 e. The van der Waals surface area contributed by atoms with Crippen molar-refractivity contribution in [1.82, 2.24) is 15.2 Å². The zero-order valence-electron chi connectivity index (χ0n) is 14.3. The Morgan fingerprint density at radius 1 is 1.19 bits per heavy atom. The van der Waals surface area contributed by atoms with Gasteiger partial charge in [-0.1, -0.05) is 41.9 Å². The van der Waals surface area contributed by atoms with Gasteiger partial charge >= 0.3 is 0 Å². The van der Waals surface area contributed by atoms with Crippen LogP contribution in [0.15, 0.2) is 59.7 Å². The second kappa shape index (κ2) is 7.84. The minimum absolute atomic E-state index is 0.372. The molecule has 0 aliphatic heterocycles. The number of halogens is 1. The van der Waals surface area contributed by atoms with Crippen LogP contribution >= 0.6 is 11.6 Å². The van der Waals surface area contributed by atoms with Gasteiger partial charge in [-0.25, -0.2) is 10.1 Å². The van der Waals surface area contributed by atoms with Crippen LogP contribution in [-0.4, -0.2) is 29.0 Å². The molecule has 0 aliphatic rings. The van der Waals surface area contributed by atoms with Crippen molar-refractivity contribution in [2.24, 2.45) is 5.10 Å². The normalized spacial score (nSPS) is 10.9. The summed E-state index contributed by atoms with van der Waals surface area (Å²) in [6.07, 6.45) is 1.48. The van der Waals surface area contributed by atoms with Crippen molar-refractivity contribution in [2.45, 2.75) is 6.92 Å². The lowest BCUT2D eigenvalue weighted by Gasteiger charge is -2.05. The lowest BCUT2D eigenvalue weighted by Crippen LogP contribution is -2.18. The van der Waals surface area contributed by atoms with Crippen molar-refractivity contribution < 1.29 is 9.53 Å². The van der Waals surface area contributed by atoms with Crippen LogP contribution in [0.5, 0.6) is 5.75 Å². The molecule has 7 heteroatoms. The lowest BCUT2D eigenvalue weighted by atomic mass is 10.2. The molecule has 0 saturated heterocycles. The molecule has 0 unspecified atom stereocenters. The van der Waals surface area contributed by atoms with Crippen LogP contribution in [0.4, 0.5) is 0 Å². The predicted octanol–water partition coefficient (Wildman–Crippen LogP) is 3.61. The topological polar surface area (TPSA) is 68.5 Å². The second-order valence-electron chi connectivity index (χ2n) is 5.44. The molecule has 1 N–H and O–H groups in total. The Bertz CT molecular complexity index is 951. The zero-order valence-corrected chi connectivity index (χ0v) is 15.1. The van der Waals surface area contributed by atoms with Crippen molar-refractivity contribution >= 4 is 23.7 Å². The summed E-state index contributed by atoms with van der Waals surface area (Å²) in [7, 11) is 1.51. The first-order valence-electron chi connectivity index (χ1n) is 7.88. The number of hydrogen-bond donors (Lipinski definition) is 1. The minimum Gasteiger partial charge on any atom is -0.496 e. The summed E-state index contributed by atoms with van der Waals surface area (Å²) >= 11 is 6.42. The van der Waals surface area contributed by atoms with E-state index >= 15 is 0 Å². The maximum atomic E-state index is 12.3. The van der Waals surface area contributed by atoms with Gasteiger partial charge in [-0.15, -0.1) is 0 Å². The molecule has 0 spiro atoms. The SMILES string of the molecule is COc1ccccc1C(=O)N/N=C/c1c(C)nn(-c2ccccc2)c1Cl. The molecule has 26 heavy (non-hydrogen) atoms. The van der Waals surface area contributed by atoms with Crippen LogP contribution in [0.25, 0.3) is 5.69 Å². The molecule has 3 rings (SSSR count). The van der Waals surface area contributed by atoms with Crippen LogP contribution in [-0.2, 0) is 0 Å². The van der Waals surface area contributed by atoms with Gasteiger partial charge < -0.3 is 4.74 Å². The van der Waals surface area contributed by atoms with E-state index in [-0.39, 0.29) is 5.91 Å². The molecule has 1 aromatic heterocycles. The summed E-state index contributed by atoms with van der Waals surface area (Å²) in [4.78, 5) is 12.3. The third-order valence-electron chi connectivity index (χ3n) is 3.76. The van der Waals surface area contributed by atoms with Crippen molar-refractivity contribution in [3.63, 3.8) is 0 Å². The number of methoxy groups -OCH3 is 1. The first-order valence-corrected chi connectivity index (χ1v) is 8.26. The standard InChI is InChI=1S/C19H17ClN4O2/c1-13-16(18(20)24(23-13)14-8-4-3-5-9-14)12-21-22-19(25)15-10-6-7-11-17(15)26-2/h3-12H,1-2H3,(H,22,25)/b21-12+. The molecule has 1 amide bonds. The van der Waals surface area contributed by atoms with E-state index < -0.39 is 0 Å². The van der Waals surface area contributed by atoms with Gasteiger partial charge in [0, 0.05) is 0 Å². The summed E-state index contributed by atoms with van der Waals surface area (Å²) in [5.41, 5.74) is 5.06. The molecule has 3 aromatic rings. The number of ether oxygens (including phenoxy) is 1. The van der Waals surface area contributed by atoms with Gasteiger partial charge in [0.05, 0.1) is 35.8 Å². The Morgan fingerprint density at radius 3 is 2.62 bits per heavy atom. The quantitative estimate of drug-likeness (QED) is 0.552. The van der Waals surface area contributed by atoms with Crippen LogP contribution in [0.1, 0.15) is 21.6 Å². The van der Waals surface area contributed by atoms with E-state index in [9.17, 15) is 4.79 Å². The fraction of sp³-hybridized carbons (Fsp3) is 0.105. The predicted molar refractivity (Wildman–Crippen MR) is 101 cm³/mol. The van der Waals surface area contributed by atoms with Crippen LogP contribution in [0.2, 0.25) is 5.15 Å². The van der Waals surface area contributed by atoms with Gasteiger partial charge in [0.25, 0.3) is 5.91 Å². The average Bonchev–Trinajstić information content (AvgIpc) is 2.96. The van der Waals surface area contributed by atoms with Gasteiger partial charge in [-0.2, -0.15) is 10.2 Å². The summed E-state index contributed by atoms with van der Waals surface area (Å²) in [5.74, 6) is 0.106. The van der Waals surface area contributed by atoms with Crippen molar-refractivity contribution in [1.29, 1.82) is 0 Å². The smallest absolute Gasteiger partial charge is 0.275 e. The number of aryl methyl sites for hydroxylation is 1. The number of nitrogens with zero attached hydrogens (tertiary/aromatic N) is 3. The van der Waals surface area contributed by atoms with Gasteiger partial charge in [0.1, 0.15) is 10.9 Å². The second-order valence-corrected chi connectivity index (χ2v) is 5.79. The molecule has 0 atom stereocenters. The molecule has 2 aromatic carbocycles. The van der Waals surface area contributed by atoms with E-state index in [4.69, 9.17) is 16.3 Å². The van der Waals surface area contributed by atoms with Gasteiger partial charge in [0.2, 0.25) is 0 Å². The van der Waals surface area contributed by atoms with Gasteiger partial charge in [-0.3, -0.25) is 4.79 Å². The highest BCUT2D eigenvalue weighted by molar-refractivity contribution is 6.32. The van der Waals surface area contributed by atoms with Crippen molar-refractivity contribution in [3.05, 3.63) is 76.6 Å². The third kappa shape index (κ3) is 3.60. The van der Waals surface area contributed by atoms with Crippen LogP contribution in [0.3, 0.4) is 0 Å². The Kier molecular flexibility index (Phi) is 5.34. The summed E-state index contributed by atoms with van der Waals surface area (Å²) in [5, 5.41) is 8.85. The first kappa shape index (κ1) is 17.7. The highest BCUT2D eigenvalue weighted by Gasteiger charge is 2.14. The molecule has 0 fully saturated rings. The average molecular weight is 369 g/mol. The lowest BCUT2D eigenvalue weighted by molar-refractivity contribution is 0.0952. The molecular formula is C19H17ClN4O2. The maximum absolute atomic E-state index is 12.3. The minimum atomic E-state index is -0.372. The zero-order chi connectivity index (χ0) is 18.5. The fourth-order valence-corrected chi connectivity index (χ4v) is 2.77. The van der Waals surface area contributed by atoms with Gasteiger partial charge in [0.15, 0.2) is 0 Å². The van der Waals surface area contributed by atoms with E-state index in [1.165, 1.54) is 13.3 Å². The monoisotopic (exact) mass is 368 g/mol. The largest absolute Gasteiger partial charge is 0.496 e. The van der Waals surface area contributed by atoms with Crippen LogP contribution < -0.4 is 10.2 Å². The van der Waals surface area contributed by atoms with Crippen molar-refractivity contribution in [3.8, 4) is 11.4 Å². The van der Waals surface area contributed by atoms with E-state index in [2.05, 4.69) is 15.6 Å². The number of para-hydroxylation sites is 2. The summed E-state index contributed by atoms with van der Waals surface area (Å²) in [6.45, 7) is 1.83. The molecule has 132 valence electrons. The molecular weight excluding hydrogens is 352 g/mol. The number of amides is 1. The Morgan fingerprint density at radius 2 is 1.88 bits per heavy atom. The van der Waals surface area contributed by atoms with E-state index in [1.807, 2.05) is 37.3 Å². The van der Waals surface area contributed by atoms with E-state index in [1.54, 1.807) is 28.9 Å². The van der Waals surface area contributed by atoms with Crippen LogP contribution in [0, 0.1) is 6.92 Å². The highest BCUT2D eigenvalue weighted by atomic mass is 35.5. The number of nitrogens with one attached hydrogen (secondary N) is 1. The van der Waals surface area contributed by atoms with Crippen molar-refractivity contribution in [2.75, 3.05) is 7.11 Å². The molecule has 0 radical (unpaired) electrons. The fourth-order valence-electron chi connectivity index (χ4n) is 2.45. The van der Waals surface area contributed by atoms with Gasteiger partial charge in [-0.05, 0) is 31.2 Å². The molecule has 0 bridgehead atoms. The highest BCUT2D eigenvalue weighted by Crippen LogP contribution is 2.22. The molecule has 0 saturated carbocycles. The number of aromatic nitrogens is 2. The first-order chi connectivity index (χ1) is 12.6. The number of carbonyl (C=O) groups is 1. The van der Waals surface area contributed by atoms with E-state index in [0.717, 1.165) is 5.69 Å². The Labute approximate surface area is 156 Å². The number of rotatable bonds is 5. The Balaban J connectivity index is 1.79. The molecule has 1 heterocycles. The number of carbonyl (C=O) groups excluding carboxylic acids is 1.